The number of carbonyl (C=O) groups is 1. The molecular formula is C8H12N4O2. The molecule has 0 aliphatic carbocycles. The number of amides is 1. The second-order valence-corrected chi connectivity index (χ2v) is 3.45. The van der Waals surface area contributed by atoms with Crippen LogP contribution in [-0.2, 0) is 4.79 Å². The SMILES string of the molecule is NCC1CC(=O)N(c2cc(=O)[nH][nH]2)C1. The minimum atomic E-state index is -0.232. The molecule has 1 saturated heterocycles. The van der Waals surface area contributed by atoms with E-state index in [9.17, 15) is 9.59 Å². The predicted octanol–water partition coefficient (Wildman–Crippen LogP) is -0.985. The molecule has 6 heteroatoms. The summed E-state index contributed by atoms with van der Waals surface area (Å²) in [6, 6.07) is 1.37. The van der Waals surface area contributed by atoms with Crippen LogP contribution in [0.25, 0.3) is 0 Å². The van der Waals surface area contributed by atoms with Crippen molar-refractivity contribution in [2.45, 2.75) is 6.42 Å². The first-order chi connectivity index (χ1) is 6.70. The van der Waals surface area contributed by atoms with Crippen molar-refractivity contribution in [3.63, 3.8) is 0 Å². The number of nitrogens with one attached hydrogen (secondary N) is 2. The molecule has 1 atom stereocenters. The second-order valence-electron chi connectivity index (χ2n) is 3.45. The molecule has 1 unspecified atom stereocenters. The van der Waals surface area contributed by atoms with Gasteiger partial charge in [-0.15, -0.1) is 0 Å². The van der Waals surface area contributed by atoms with Gasteiger partial charge < -0.3 is 5.73 Å². The molecule has 1 aliphatic rings. The average Bonchev–Trinajstić information content (AvgIpc) is 2.71. The Balaban J connectivity index is 2.20. The highest BCUT2D eigenvalue weighted by Crippen LogP contribution is 2.21. The van der Waals surface area contributed by atoms with Gasteiger partial charge >= 0.3 is 0 Å². The van der Waals surface area contributed by atoms with Crippen molar-refractivity contribution < 1.29 is 4.79 Å². The topological polar surface area (TPSA) is 95.0 Å². The minimum Gasteiger partial charge on any atom is -0.330 e. The molecule has 6 nitrogen and oxygen atoms in total. The third kappa shape index (κ3) is 1.44. The van der Waals surface area contributed by atoms with Crippen LogP contribution < -0.4 is 16.2 Å². The zero-order chi connectivity index (χ0) is 10.1. The number of H-pyrrole nitrogens is 2. The lowest BCUT2D eigenvalue weighted by Crippen LogP contribution is -2.26. The van der Waals surface area contributed by atoms with E-state index in [-0.39, 0.29) is 17.4 Å². The molecule has 0 spiro atoms. The summed E-state index contributed by atoms with van der Waals surface area (Å²) in [5.41, 5.74) is 5.25. The first-order valence-electron chi connectivity index (χ1n) is 4.49. The highest BCUT2D eigenvalue weighted by atomic mass is 16.2. The summed E-state index contributed by atoms with van der Waals surface area (Å²) in [6.45, 7) is 1.08. The Bertz CT molecular complexity index is 394. The zero-order valence-corrected chi connectivity index (χ0v) is 7.62. The van der Waals surface area contributed by atoms with Crippen molar-refractivity contribution in [1.82, 2.24) is 10.2 Å². The number of aromatic nitrogens is 2. The summed E-state index contributed by atoms with van der Waals surface area (Å²) in [6.07, 6.45) is 0.462. The third-order valence-electron chi connectivity index (χ3n) is 2.41. The molecule has 1 fully saturated rings. The van der Waals surface area contributed by atoms with Gasteiger partial charge in [0.1, 0.15) is 5.82 Å². The number of carbonyl (C=O) groups excluding carboxylic acids is 1. The highest BCUT2D eigenvalue weighted by molar-refractivity contribution is 5.94. The van der Waals surface area contributed by atoms with E-state index in [1.54, 1.807) is 4.90 Å². The smallest absolute Gasteiger partial charge is 0.266 e. The first-order valence-corrected chi connectivity index (χ1v) is 4.49. The highest BCUT2D eigenvalue weighted by Gasteiger charge is 2.30. The fourth-order valence-electron chi connectivity index (χ4n) is 1.64. The van der Waals surface area contributed by atoms with Crippen LogP contribution in [0.15, 0.2) is 10.9 Å². The van der Waals surface area contributed by atoms with Gasteiger partial charge in [-0.3, -0.25) is 24.7 Å². The molecule has 0 saturated carbocycles. The van der Waals surface area contributed by atoms with Crippen molar-refractivity contribution >= 4 is 11.7 Å². The van der Waals surface area contributed by atoms with Crippen molar-refractivity contribution in [2.75, 3.05) is 18.0 Å². The molecule has 1 amide bonds. The normalized spacial score (nSPS) is 21.9. The largest absolute Gasteiger partial charge is 0.330 e. The fraction of sp³-hybridized carbons (Fsp3) is 0.500. The van der Waals surface area contributed by atoms with Crippen molar-refractivity contribution in [2.24, 2.45) is 11.7 Å². The van der Waals surface area contributed by atoms with Gasteiger partial charge in [-0.2, -0.15) is 0 Å². The number of aromatic amines is 2. The molecule has 1 aliphatic heterocycles. The molecule has 4 N–H and O–H groups in total. The zero-order valence-electron chi connectivity index (χ0n) is 7.62. The summed E-state index contributed by atoms with van der Waals surface area (Å²) in [5, 5.41) is 5.04. The fourth-order valence-corrected chi connectivity index (χ4v) is 1.64. The van der Waals surface area contributed by atoms with Gasteiger partial charge in [0.25, 0.3) is 5.56 Å². The van der Waals surface area contributed by atoms with Gasteiger partial charge in [-0.25, -0.2) is 0 Å². The second kappa shape index (κ2) is 3.30. The Morgan fingerprint density at radius 2 is 2.29 bits per heavy atom. The Kier molecular flexibility index (Phi) is 2.12. The van der Waals surface area contributed by atoms with Gasteiger partial charge in [0.2, 0.25) is 5.91 Å². The van der Waals surface area contributed by atoms with Crippen LogP contribution in [0.1, 0.15) is 6.42 Å². The van der Waals surface area contributed by atoms with E-state index in [0.29, 0.717) is 25.3 Å². The number of anilines is 1. The van der Waals surface area contributed by atoms with Crippen LogP contribution in [-0.4, -0.2) is 29.2 Å². The molecule has 0 bridgehead atoms. The van der Waals surface area contributed by atoms with Gasteiger partial charge in [-0.05, 0) is 12.5 Å². The summed E-state index contributed by atoms with van der Waals surface area (Å²) in [4.78, 5) is 23.9. The van der Waals surface area contributed by atoms with E-state index >= 15 is 0 Å². The van der Waals surface area contributed by atoms with Gasteiger partial charge in [0, 0.05) is 19.0 Å². The maximum absolute atomic E-state index is 11.5. The molecule has 14 heavy (non-hydrogen) atoms. The summed E-state index contributed by atoms with van der Waals surface area (Å²) in [7, 11) is 0. The summed E-state index contributed by atoms with van der Waals surface area (Å²) >= 11 is 0. The number of nitrogens with two attached hydrogens (primary N) is 1. The molecule has 76 valence electrons. The van der Waals surface area contributed by atoms with Gasteiger partial charge in [0.05, 0.1) is 0 Å². The first kappa shape index (κ1) is 9.01. The average molecular weight is 196 g/mol. The van der Waals surface area contributed by atoms with Crippen LogP contribution in [0.3, 0.4) is 0 Å². The molecule has 1 aromatic heterocycles. The molecule has 2 heterocycles. The maximum Gasteiger partial charge on any atom is 0.266 e. The lowest BCUT2D eigenvalue weighted by molar-refractivity contribution is -0.117. The van der Waals surface area contributed by atoms with E-state index in [1.807, 2.05) is 0 Å². The van der Waals surface area contributed by atoms with E-state index in [4.69, 9.17) is 5.73 Å². The molecule has 0 radical (unpaired) electrons. The molecule has 2 rings (SSSR count). The summed E-state index contributed by atoms with van der Waals surface area (Å²) in [5.74, 6) is 0.729. The lowest BCUT2D eigenvalue weighted by Gasteiger charge is -2.12. The van der Waals surface area contributed by atoms with Crippen molar-refractivity contribution in [3.05, 3.63) is 16.4 Å². The van der Waals surface area contributed by atoms with Crippen LogP contribution >= 0.6 is 0 Å². The third-order valence-corrected chi connectivity index (χ3v) is 2.41. The summed E-state index contributed by atoms with van der Waals surface area (Å²) < 4.78 is 0. The molecule has 1 aromatic rings. The Morgan fingerprint density at radius 3 is 2.79 bits per heavy atom. The van der Waals surface area contributed by atoms with E-state index < -0.39 is 0 Å². The predicted molar refractivity (Wildman–Crippen MR) is 50.9 cm³/mol. The Hall–Kier alpha value is -1.56. The van der Waals surface area contributed by atoms with Gasteiger partial charge in [-0.1, -0.05) is 0 Å². The Labute approximate surface area is 80.1 Å². The quantitative estimate of drug-likeness (QED) is 0.567. The van der Waals surface area contributed by atoms with E-state index in [2.05, 4.69) is 10.2 Å². The van der Waals surface area contributed by atoms with Gasteiger partial charge in [0.15, 0.2) is 0 Å². The maximum atomic E-state index is 11.5. The minimum absolute atomic E-state index is 0.00991. The van der Waals surface area contributed by atoms with Crippen molar-refractivity contribution in [1.29, 1.82) is 0 Å². The molecule has 0 aromatic carbocycles. The number of hydrogen-bond donors (Lipinski definition) is 3. The van der Waals surface area contributed by atoms with E-state index in [0.717, 1.165) is 0 Å². The van der Waals surface area contributed by atoms with Crippen LogP contribution in [0, 0.1) is 5.92 Å². The standard InChI is InChI=1S/C8H12N4O2/c9-3-5-1-8(14)12(4-5)6-2-7(13)11-10-6/h2,5H,1,3-4,9H2,(H2,10,11,13). The molecular weight excluding hydrogens is 184 g/mol. The monoisotopic (exact) mass is 196 g/mol. The van der Waals surface area contributed by atoms with Crippen LogP contribution in [0.4, 0.5) is 5.82 Å². The number of nitrogens with zero attached hydrogens (tertiary/aromatic N) is 1. The van der Waals surface area contributed by atoms with Crippen LogP contribution in [0.5, 0.6) is 0 Å². The number of rotatable bonds is 2. The van der Waals surface area contributed by atoms with Crippen molar-refractivity contribution in [3.8, 4) is 0 Å². The van der Waals surface area contributed by atoms with E-state index in [1.165, 1.54) is 6.07 Å². The lowest BCUT2D eigenvalue weighted by atomic mass is 10.1. The number of hydrogen-bond acceptors (Lipinski definition) is 3. The Morgan fingerprint density at radius 1 is 1.50 bits per heavy atom. The van der Waals surface area contributed by atoms with Crippen LogP contribution in [0.2, 0.25) is 0 Å².